The van der Waals surface area contributed by atoms with Gasteiger partial charge in [-0.2, -0.15) is 0 Å². The molecule has 1 amide bonds. The Hall–Kier alpha value is -2.01. The molecule has 0 spiro atoms. The molecule has 0 aromatic heterocycles. The molecule has 2 aromatic rings. The molecule has 2 aliphatic rings. The number of hydrogen-bond acceptors (Lipinski definition) is 3. The molecule has 1 saturated carbocycles. The Morgan fingerprint density at radius 2 is 1.71 bits per heavy atom. The average molecular weight is 388 g/mol. The molecule has 0 radical (unpaired) electrons. The highest BCUT2D eigenvalue weighted by Crippen LogP contribution is 2.43. The molecular weight excluding hydrogens is 370 g/mol. The van der Waals surface area contributed by atoms with Crippen LogP contribution in [0, 0.1) is 0 Å². The number of hydrogen-bond donors (Lipinski definition) is 1. The van der Waals surface area contributed by atoms with E-state index in [0.29, 0.717) is 5.75 Å². The number of benzene rings is 2. The van der Waals surface area contributed by atoms with Crippen LogP contribution in [-0.2, 0) is 10.2 Å². The van der Waals surface area contributed by atoms with Gasteiger partial charge in [0.2, 0.25) is 12.7 Å². The van der Waals surface area contributed by atoms with Crippen LogP contribution in [0.4, 0.5) is 5.69 Å². The molecule has 2 aromatic carbocycles. The number of fused-ring (bicyclic) bond motifs is 1. The van der Waals surface area contributed by atoms with Gasteiger partial charge in [-0.05, 0) is 42.7 Å². The minimum atomic E-state index is -0.447. The van der Waals surface area contributed by atoms with Gasteiger partial charge in [0.1, 0.15) is 0 Å². The van der Waals surface area contributed by atoms with Crippen LogP contribution in [0.3, 0.4) is 0 Å². The second kappa shape index (κ2) is 6.13. The van der Waals surface area contributed by atoms with Crippen LogP contribution in [0.2, 0.25) is 0 Å². The largest absolute Gasteiger partial charge is 0.454 e. The van der Waals surface area contributed by atoms with Gasteiger partial charge in [-0.3, -0.25) is 4.79 Å². The van der Waals surface area contributed by atoms with Crippen LogP contribution in [0.25, 0.3) is 0 Å². The Balaban J connectivity index is 1.62. The zero-order valence-corrected chi connectivity index (χ0v) is 14.8. The van der Waals surface area contributed by atoms with E-state index in [9.17, 15) is 4.79 Å². The number of amides is 1. The first-order valence-corrected chi connectivity index (χ1v) is 8.94. The SMILES string of the molecule is O=C(Nc1ccc2c(c1)OCO2)C1(c2ccc(Br)cc2)CCCC1. The number of carbonyl (C=O) groups excluding carboxylic acids is 1. The van der Waals surface area contributed by atoms with Crippen molar-refractivity contribution in [1.82, 2.24) is 0 Å². The van der Waals surface area contributed by atoms with E-state index in [0.717, 1.165) is 47.2 Å². The smallest absolute Gasteiger partial charge is 0.235 e. The number of carbonyl (C=O) groups is 1. The molecule has 1 aliphatic heterocycles. The molecule has 0 atom stereocenters. The van der Waals surface area contributed by atoms with Crippen LogP contribution in [0.15, 0.2) is 46.9 Å². The van der Waals surface area contributed by atoms with Gasteiger partial charge in [0.25, 0.3) is 0 Å². The van der Waals surface area contributed by atoms with Crippen LogP contribution in [0.5, 0.6) is 11.5 Å². The number of halogens is 1. The lowest BCUT2D eigenvalue weighted by molar-refractivity contribution is -0.121. The Kier molecular flexibility index (Phi) is 3.96. The Labute approximate surface area is 149 Å². The summed E-state index contributed by atoms with van der Waals surface area (Å²) in [5.74, 6) is 1.45. The standard InChI is InChI=1S/C19H18BrNO3/c20-14-5-3-13(4-6-14)19(9-1-2-10-19)18(22)21-15-7-8-16-17(11-15)24-12-23-16/h3-8,11H,1-2,9-10,12H2,(H,21,22). The molecule has 0 bridgehead atoms. The van der Waals surface area contributed by atoms with E-state index < -0.39 is 5.41 Å². The summed E-state index contributed by atoms with van der Waals surface area (Å²) in [5.41, 5.74) is 1.38. The third-order valence-electron chi connectivity index (χ3n) is 4.92. The summed E-state index contributed by atoms with van der Waals surface area (Å²) in [7, 11) is 0. The van der Waals surface area contributed by atoms with Gasteiger partial charge in [0.15, 0.2) is 11.5 Å². The van der Waals surface area contributed by atoms with Gasteiger partial charge in [-0.1, -0.05) is 40.9 Å². The Morgan fingerprint density at radius 3 is 2.46 bits per heavy atom. The molecule has 1 heterocycles. The first kappa shape index (κ1) is 15.5. The quantitative estimate of drug-likeness (QED) is 0.834. The maximum absolute atomic E-state index is 13.1. The van der Waals surface area contributed by atoms with E-state index in [1.54, 1.807) is 0 Å². The summed E-state index contributed by atoms with van der Waals surface area (Å²) < 4.78 is 11.7. The predicted octanol–water partition coefficient (Wildman–Crippen LogP) is 4.63. The maximum atomic E-state index is 13.1. The van der Waals surface area contributed by atoms with E-state index in [4.69, 9.17) is 9.47 Å². The maximum Gasteiger partial charge on any atom is 0.235 e. The van der Waals surface area contributed by atoms with Crippen molar-refractivity contribution in [3.05, 3.63) is 52.5 Å². The van der Waals surface area contributed by atoms with Crippen LogP contribution < -0.4 is 14.8 Å². The lowest BCUT2D eigenvalue weighted by Gasteiger charge is -2.28. The fraction of sp³-hybridized carbons (Fsp3) is 0.316. The van der Waals surface area contributed by atoms with Crippen LogP contribution in [-0.4, -0.2) is 12.7 Å². The van der Waals surface area contributed by atoms with Crippen molar-refractivity contribution in [2.75, 3.05) is 12.1 Å². The first-order valence-electron chi connectivity index (χ1n) is 8.15. The fourth-order valence-electron chi connectivity index (χ4n) is 3.62. The van der Waals surface area contributed by atoms with Gasteiger partial charge >= 0.3 is 0 Å². The van der Waals surface area contributed by atoms with Crippen molar-refractivity contribution in [2.24, 2.45) is 0 Å². The molecule has 1 aliphatic carbocycles. The van der Waals surface area contributed by atoms with E-state index in [-0.39, 0.29) is 12.7 Å². The number of anilines is 1. The van der Waals surface area contributed by atoms with E-state index in [1.165, 1.54) is 0 Å². The number of rotatable bonds is 3. The van der Waals surface area contributed by atoms with Crippen molar-refractivity contribution in [3.63, 3.8) is 0 Å². The summed E-state index contributed by atoms with van der Waals surface area (Å²) >= 11 is 3.46. The first-order chi connectivity index (χ1) is 11.7. The van der Waals surface area contributed by atoms with Crippen molar-refractivity contribution in [3.8, 4) is 11.5 Å². The van der Waals surface area contributed by atoms with E-state index in [2.05, 4.69) is 33.4 Å². The van der Waals surface area contributed by atoms with Crippen LogP contribution in [0.1, 0.15) is 31.2 Å². The van der Waals surface area contributed by atoms with Gasteiger partial charge < -0.3 is 14.8 Å². The van der Waals surface area contributed by atoms with Crippen molar-refractivity contribution in [2.45, 2.75) is 31.1 Å². The lowest BCUT2D eigenvalue weighted by atomic mass is 9.78. The fourth-order valence-corrected chi connectivity index (χ4v) is 3.88. The number of ether oxygens (including phenoxy) is 2. The van der Waals surface area contributed by atoms with Gasteiger partial charge in [0, 0.05) is 16.2 Å². The second-order valence-electron chi connectivity index (χ2n) is 6.32. The molecule has 124 valence electrons. The molecule has 24 heavy (non-hydrogen) atoms. The zero-order chi connectivity index (χ0) is 16.6. The highest BCUT2D eigenvalue weighted by atomic mass is 79.9. The molecule has 5 heteroatoms. The lowest BCUT2D eigenvalue weighted by Crippen LogP contribution is -2.37. The molecular formula is C19H18BrNO3. The minimum absolute atomic E-state index is 0.0567. The summed E-state index contributed by atoms with van der Waals surface area (Å²) in [6, 6.07) is 13.6. The molecule has 1 fully saturated rings. The molecule has 0 unspecified atom stereocenters. The zero-order valence-electron chi connectivity index (χ0n) is 13.2. The van der Waals surface area contributed by atoms with Crippen molar-refractivity contribution < 1.29 is 14.3 Å². The summed E-state index contributed by atoms with van der Waals surface area (Å²) in [6.07, 6.45) is 3.91. The monoisotopic (exact) mass is 387 g/mol. The molecule has 1 N–H and O–H groups in total. The molecule has 4 nitrogen and oxygen atoms in total. The van der Waals surface area contributed by atoms with Gasteiger partial charge in [0.05, 0.1) is 5.41 Å². The van der Waals surface area contributed by atoms with Gasteiger partial charge in [-0.15, -0.1) is 0 Å². The summed E-state index contributed by atoms with van der Waals surface area (Å²) in [5, 5.41) is 3.08. The minimum Gasteiger partial charge on any atom is -0.454 e. The third-order valence-corrected chi connectivity index (χ3v) is 5.45. The number of nitrogens with one attached hydrogen (secondary N) is 1. The highest BCUT2D eigenvalue weighted by Gasteiger charge is 2.42. The predicted molar refractivity (Wildman–Crippen MR) is 95.5 cm³/mol. The molecule has 0 saturated heterocycles. The van der Waals surface area contributed by atoms with E-state index >= 15 is 0 Å². The van der Waals surface area contributed by atoms with Crippen molar-refractivity contribution >= 4 is 27.5 Å². The normalized spacial score (nSPS) is 17.7. The Morgan fingerprint density at radius 1 is 1.00 bits per heavy atom. The summed E-state index contributed by atoms with van der Waals surface area (Å²) in [4.78, 5) is 13.1. The topological polar surface area (TPSA) is 47.6 Å². The van der Waals surface area contributed by atoms with E-state index in [1.807, 2.05) is 30.3 Å². The molecule has 4 rings (SSSR count). The average Bonchev–Trinajstić information content (AvgIpc) is 3.25. The second-order valence-corrected chi connectivity index (χ2v) is 7.23. The Bertz CT molecular complexity index is 767. The summed E-state index contributed by atoms with van der Waals surface area (Å²) in [6.45, 7) is 0.232. The van der Waals surface area contributed by atoms with Crippen molar-refractivity contribution in [1.29, 1.82) is 0 Å². The highest BCUT2D eigenvalue weighted by molar-refractivity contribution is 9.10. The van der Waals surface area contributed by atoms with Gasteiger partial charge in [-0.25, -0.2) is 0 Å². The third kappa shape index (κ3) is 2.67. The van der Waals surface area contributed by atoms with Crippen LogP contribution >= 0.6 is 15.9 Å².